The maximum atomic E-state index is 3.56. The van der Waals surface area contributed by atoms with E-state index in [-0.39, 0.29) is 0 Å². The molecule has 1 heteroatoms. The number of hydrogen-bond acceptors (Lipinski definition) is 1. The van der Waals surface area contributed by atoms with Crippen LogP contribution in [0.2, 0.25) is 0 Å². The largest absolute Gasteiger partial charge is 0.314 e. The van der Waals surface area contributed by atoms with Crippen molar-refractivity contribution in [2.24, 2.45) is 11.8 Å². The minimum atomic E-state index is 0.855. The second-order valence-corrected chi connectivity index (χ2v) is 3.50. The Hall–Kier alpha value is -0.0400. The van der Waals surface area contributed by atoms with Crippen LogP contribution in [0.15, 0.2) is 0 Å². The van der Waals surface area contributed by atoms with Gasteiger partial charge in [-0.3, -0.25) is 0 Å². The molecule has 1 saturated carbocycles. The van der Waals surface area contributed by atoms with E-state index in [1.54, 1.807) is 0 Å². The highest BCUT2D eigenvalue weighted by molar-refractivity contribution is 4.95. The Labute approximate surface area is 56.8 Å². The van der Waals surface area contributed by atoms with Crippen molar-refractivity contribution in [1.29, 1.82) is 0 Å². The van der Waals surface area contributed by atoms with Gasteiger partial charge in [-0.25, -0.2) is 0 Å². The van der Waals surface area contributed by atoms with Gasteiger partial charge in [-0.05, 0) is 37.6 Å². The predicted octanol–water partition coefficient (Wildman–Crippen LogP) is 1.39. The molecule has 0 radical (unpaired) electrons. The summed E-state index contributed by atoms with van der Waals surface area (Å²) in [5, 5.41) is 3.56. The molecule has 3 unspecified atom stereocenters. The zero-order chi connectivity index (χ0) is 6.27. The fourth-order valence-corrected chi connectivity index (χ4v) is 1.93. The molecule has 0 aromatic rings. The zero-order valence-electron chi connectivity index (χ0n) is 6.06. The Morgan fingerprint density at radius 3 is 2.89 bits per heavy atom. The first-order valence-corrected chi connectivity index (χ1v) is 4.13. The van der Waals surface area contributed by atoms with Crippen molar-refractivity contribution in [3.8, 4) is 0 Å². The van der Waals surface area contributed by atoms with E-state index >= 15 is 0 Å². The summed E-state index contributed by atoms with van der Waals surface area (Å²) in [4.78, 5) is 0. The van der Waals surface area contributed by atoms with Gasteiger partial charge in [0.15, 0.2) is 0 Å². The molecule has 52 valence electrons. The molecule has 0 aromatic carbocycles. The standard InChI is InChI=1S/C8H15N/c1-2-8-4-6-3-7(6)5-9-8/h6-9H,2-5H2,1H3. The van der Waals surface area contributed by atoms with Crippen LogP contribution in [-0.2, 0) is 0 Å². The van der Waals surface area contributed by atoms with Crippen LogP contribution < -0.4 is 5.32 Å². The molecule has 0 bridgehead atoms. The van der Waals surface area contributed by atoms with Crippen LogP contribution in [0.25, 0.3) is 0 Å². The summed E-state index contributed by atoms with van der Waals surface area (Å²) in [5.74, 6) is 2.20. The van der Waals surface area contributed by atoms with Crippen molar-refractivity contribution in [2.75, 3.05) is 6.54 Å². The summed E-state index contributed by atoms with van der Waals surface area (Å²) in [6.07, 6.45) is 4.30. The Morgan fingerprint density at radius 2 is 2.22 bits per heavy atom. The van der Waals surface area contributed by atoms with E-state index in [4.69, 9.17) is 0 Å². The molecule has 2 rings (SSSR count). The maximum Gasteiger partial charge on any atom is 0.00673 e. The van der Waals surface area contributed by atoms with Crippen molar-refractivity contribution in [2.45, 2.75) is 32.2 Å². The van der Waals surface area contributed by atoms with Crippen molar-refractivity contribution < 1.29 is 0 Å². The second kappa shape index (κ2) is 1.98. The summed E-state index contributed by atoms with van der Waals surface area (Å²) >= 11 is 0. The molecular formula is C8H15N. The van der Waals surface area contributed by atoms with Gasteiger partial charge in [-0.1, -0.05) is 6.92 Å². The normalized spacial score (nSPS) is 48.3. The Morgan fingerprint density at radius 1 is 1.33 bits per heavy atom. The number of rotatable bonds is 1. The number of piperidine rings is 1. The quantitative estimate of drug-likeness (QED) is 0.558. The molecule has 0 spiro atoms. The van der Waals surface area contributed by atoms with E-state index < -0.39 is 0 Å². The van der Waals surface area contributed by atoms with E-state index in [0.29, 0.717) is 0 Å². The third kappa shape index (κ3) is 0.983. The average Bonchev–Trinajstić information content (AvgIpc) is 2.64. The van der Waals surface area contributed by atoms with Crippen LogP contribution in [0.5, 0.6) is 0 Å². The Bertz CT molecular complexity index is 111. The van der Waals surface area contributed by atoms with Gasteiger partial charge in [0.25, 0.3) is 0 Å². The van der Waals surface area contributed by atoms with E-state index in [0.717, 1.165) is 17.9 Å². The molecule has 1 aliphatic carbocycles. The predicted molar refractivity (Wildman–Crippen MR) is 38.3 cm³/mol. The molecule has 9 heavy (non-hydrogen) atoms. The van der Waals surface area contributed by atoms with E-state index in [2.05, 4.69) is 12.2 Å². The van der Waals surface area contributed by atoms with Gasteiger partial charge in [0.2, 0.25) is 0 Å². The van der Waals surface area contributed by atoms with Crippen molar-refractivity contribution in [1.82, 2.24) is 5.32 Å². The first-order valence-electron chi connectivity index (χ1n) is 4.13. The summed E-state index contributed by atoms with van der Waals surface area (Å²) in [6.45, 7) is 3.59. The average molecular weight is 125 g/mol. The molecule has 1 N–H and O–H groups in total. The van der Waals surface area contributed by atoms with Gasteiger partial charge >= 0.3 is 0 Å². The SMILES string of the molecule is CCC1CC2CC2CN1. The number of fused-ring (bicyclic) bond motifs is 1. The molecule has 0 aromatic heterocycles. The van der Waals surface area contributed by atoms with Crippen molar-refractivity contribution in [3.05, 3.63) is 0 Å². The first kappa shape index (κ1) is 5.72. The second-order valence-electron chi connectivity index (χ2n) is 3.50. The number of nitrogens with one attached hydrogen (secondary N) is 1. The van der Waals surface area contributed by atoms with Gasteiger partial charge in [0, 0.05) is 6.04 Å². The van der Waals surface area contributed by atoms with Crippen molar-refractivity contribution >= 4 is 0 Å². The first-order chi connectivity index (χ1) is 4.40. The lowest BCUT2D eigenvalue weighted by Gasteiger charge is -2.20. The summed E-state index contributed by atoms with van der Waals surface area (Å²) in [5.41, 5.74) is 0. The van der Waals surface area contributed by atoms with E-state index in [9.17, 15) is 0 Å². The van der Waals surface area contributed by atoms with Gasteiger partial charge in [0.05, 0.1) is 0 Å². The minimum absolute atomic E-state index is 0.855. The lowest BCUT2D eigenvalue weighted by Crippen LogP contribution is -2.34. The third-order valence-electron chi connectivity index (χ3n) is 2.82. The minimum Gasteiger partial charge on any atom is -0.314 e. The highest BCUT2D eigenvalue weighted by Gasteiger charge is 2.41. The fraction of sp³-hybridized carbons (Fsp3) is 1.00. The third-order valence-corrected chi connectivity index (χ3v) is 2.82. The van der Waals surface area contributed by atoms with Crippen LogP contribution in [-0.4, -0.2) is 12.6 Å². The Balaban J connectivity index is 1.86. The summed E-state index contributed by atoms with van der Waals surface area (Å²) in [6, 6.07) is 0.855. The van der Waals surface area contributed by atoms with Gasteiger partial charge in [-0.15, -0.1) is 0 Å². The van der Waals surface area contributed by atoms with Crippen LogP contribution >= 0.6 is 0 Å². The molecule has 2 aliphatic rings. The highest BCUT2D eigenvalue weighted by Crippen LogP contribution is 2.44. The molecule has 1 nitrogen and oxygen atoms in total. The maximum absolute atomic E-state index is 3.56. The number of hydrogen-bond donors (Lipinski definition) is 1. The molecule has 1 heterocycles. The van der Waals surface area contributed by atoms with E-state index in [1.165, 1.54) is 25.8 Å². The fourth-order valence-electron chi connectivity index (χ4n) is 1.93. The topological polar surface area (TPSA) is 12.0 Å². The summed E-state index contributed by atoms with van der Waals surface area (Å²) in [7, 11) is 0. The Kier molecular flexibility index (Phi) is 1.26. The van der Waals surface area contributed by atoms with Crippen LogP contribution in [0.1, 0.15) is 26.2 Å². The van der Waals surface area contributed by atoms with Gasteiger partial charge in [0.1, 0.15) is 0 Å². The van der Waals surface area contributed by atoms with Crippen LogP contribution in [0, 0.1) is 11.8 Å². The lowest BCUT2D eigenvalue weighted by molar-refractivity contribution is 0.377. The molecule has 3 atom stereocenters. The zero-order valence-corrected chi connectivity index (χ0v) is 6.06. The van der Waals surface area contributed by atoms with Crippen LogP contribution in [0.3, 0.4) is 0 Å². The van der Waals surface area contributed by atoms with Gasteiger partial charge < -0.3 is 5.32 Å². The molecular weight excluding hydrogens is 110 g/mol. The highest BCUT2D eigenvalue weighted by atomic mass is 14.9. The molecule has 0 amide bonds. The van der Waals surface area contributed by atoms with Crippen molar-refractivity contribution in [3.63, 3.8) is 0 Å². The van der Waals surface area contributed by atoms with Gasteiger partial charge in [-0.2, -0.15) is 0 Å². The van der Waals surface area contributed by atoms with Crippen LogP contribution in [0.4, 0.5) is 0 Å². The summed E-state index contributed by atoms with van der Waals surface area (Å²) < 4.78 is 0. The van der Waals surface area contributed by atoms with E-state index in [1.807, 2.05) is 0 Å². The monoisotopic (exact) mass is 125 g/mol. The molecule has 1 saturated heterocycles. The lowest BCUT2D eigenvalue weighted by atomic mass is 10.0. The smallest absolute Gasteiger partial charge is 0.00673 e. The molecule has 2 fully saturated rings. The molecule has 1 aliphatic heterocycles.